The number of fused-ring (bicyclic) bond motifs is 5. The van der Waals surface area contributed by atoms with Crippen LogP contribution in [0.15, 0.2) is 11.6 Å². The molecule has 0 aromatic heterocycles. The summed E-state index contributed by atoms with van der Waals surface area (Å²) in [6, 6.07) is 0. The van der Waals surface area contributed by atoms with Crippen molar-refractivity contribution >= 4 is 5.97 Å². The predicted octanol–water partition coefficient (Wildman–Crippen LogP) is 5.90. The number of carbonyl (C=O) groups is 1. The number of carbonyl (C=O) groups excluding carboxylic acids is 1. The molecule has 12 nitrogen and oxygen atoms in total. The molecule has 4 N–H and O–H groups in total. The van der Waals surface area contributed by atoms with Crippen LogP contribution in [0, 0.1) is 51.8 Å². The van der Waals surface area contributed by atoms with Crippen LogP contribution in [0.3, 0.4) is 0 Å². The second-order valence-electron chi connectivity index (χ2n) is 23.1. The molecule has 19 atom stereocenters. The van der Waals surface area contributed by atoms with Crippen LogP contribution in [0.5, 0.6) is 0 Å². The van der Waals surface area contributed by atoms with Crippen molar-refractivity contribution in [2.24, 2.45) is 51.8 Å². The summed E-state index contributed by atoms with van der Waals surface area (Å²) in [6.07, 6.45) is 9.05. The van der Waals surface area contributed by atoms with Crippen molar-refractivity contribution in [1.82, 2.24) is 4.90 Å². The first kappa shape index (κ1) is 45.0. The summed E-state index contributed by atoms with van der Waals surface area (Å²) >= 11 is 0. The number of hydrogen-bond donors (Lipinski definition) is 4. The zero-order valence-electron chi connectivity index (χ0n) is 38.2. The van der Waals surface area contributed by atoms with Gasteiger partial charge in [0.1, 0.15) is 12.7 Å². The van der Waals surface area contributed by atoms with Crippen molar-refractivity contribution in [3.8, 4) is 0 Å². The van der Waals surface area contributed by atoms with Gasteiger partial charge in [-0.2, -0.15) is 0 Å². The largest absolute Gasteiger partial charge is 0.458 e. The van der Waals surface area contributed by atoms with E-state index in [4.69, 9.17) is 28.4 Å². The van der Waals surface area contributed by atoms with Gasteiger partial charge in [0, 0.05) is 56.3 Å². The standard InChI is InChI=1S/C49H79NO11/c1-27-24-50(25-30-22-46(4,5)23-30)15-12-43(57-27)61-45-29(3)58-34(19-40(45)52)18-35-28(2)59-44(21-39(35)51)60-33-10-13-47(6)32(17-33)8-9-37-38(47)20-41(53)48(7)36(11-14-49(37,48)55)31-16-42(54)56-26-31/h16,27-30,32-41,43-45,51-53,55H,8-15,17-26H2,1-7H3/t27?,28-,29-,32?,33?,34-,35+,36+,37?,38?,39-,40-,41-,43?,44?,45+,47?,48?,49-/m0/s1. The van der Waals surface area contributed by atoms with Gasteiger partial charge in [0.05, 0.1) is 54.4 Å². The van der Waals surface area contributed by atoms with E-state index in [0.29, 0.717) is 43.4 Å². The molecule has 61 heavy (non-hydrogen) atoms. The smallest absolute Gasteiger partial charge is 0.331 e. The Hall–Kier alpha value is -1.19. The Kier molecular flexibility index (Phi) is 12.5. The van der Waals surface area contributed by atoms with Crippen LogP contribution in [0.1, 0.15) is 138 Å². The molecule has 0 aromatic carbocycles. The van der Waals surface area contributed by atoms with Gasteiger partial charge >= 0.3 is 5.97 Å². The molecule has 8 fully saturated rings. The van der Waals surface area contributed by atoms with Gasteiger partial charge < -0.3 is 53.7 Å². The molecular formula is C49H79NO11. The molecule has 12 heteroatoms. The van der Waals surface area contributed by atoms with Crippen LogP contribution >= 0.6 is 0 Å². The van der Waals surface area contributed by atoms with Gasteiger partial charge in [-0.25, -0.2) is 4.79 Å². The summed E-state index contributed by atoms with van der Waals surface area (Å²) in [6.45, 7) is 18.5. The fourth-order valence-corrected chi connectivity index (χ4v) is 15.6. The fraction of sp³-hybridized carbons (Fsp3) is 0.939. The Bertz CT molecular complexity index is 1590. The number of rotatable bonds is 9. The van der Waals surface area contributed by atoms with Crippen molar-refractivity contribution < 1.29 is 53.6 Å². The van der Waals surface area contributed by atoms with E-state index in [1.807, 2.05) is 13.8 Å². The molecule has 3 saturated heterocycles. The second-order valence-corrected chi connectivity index (χ2v) is 23.1. The molecule has 5 saturated carbocycles. The lowest BCUT2D eigenvalue weighted by atomic mass is 9.42. The summed E-state index contributed by atoms with van der Waals surface area (Å²) in [7, 11) is 0. The lowest BCUT2D eigenvalue weighted by molar-refractivity contribution is -0.275. The first-order chi connectivity index (χ1) is 28.8. The van der Waals surface area contributed by atoms with E-state index in [2.05, 4.69) is 39.5 Å². The molecule has 0 bridgehead atoms. The Morgan fingerprint density at radius 1 is 0.820 bits per heavy atom. The highest BCUT2D eigenvalue weighted by Gasteiger charge is 2.71. The maximum atomic E-state index is 12.6. The number of hydrogen-bond acceptors (Lipinski definition) is 12. The van der Waals surface area contributed by atoms with Crippen LogP contribution in [0.4, 0.5) is 0 Å². The summed E-state index contributed by atoms with van der Waals surface area (Å²) in [5.41, 5.74) is -0.312. The van der Waals surface area contributed by atoms with E-state index in [1.165, 1.54) is 12.8 Å². The van der Waals surface area contributed by atoms with Crippen LogP contribution in [0.2, 0.25) is 0 Å². The Balaban J connectivity index is 0.744. The minimum Gasteiger partial charge on any atom is -0.458 e. The number of esters is 1. The predicted molar refractivity (Wildman–Crippen MR) is 227 cm³/mol. The average molecular weight is 858 g/mol. The van der Waals surface area contributed by atoms with Gasteiger partial charge in [-0.1, -0.05) is 27.7 Å². The molecule has 346 valence electrons. The topological polar surface area (TPSA) is 157 Å². The molecule has 9 aliphatic rings. The molecule has 0 spiro atoms. The van der Waals surface area contributed by atoms with E-state index < -0.39 is 41.7 Å². The SMILES string of the molecule is CC1CN(CC2CC(C)(C)C2)CCC(O[C@@H]2[C@H](C)O[C@@H](C[C@@H]3[C@H](C)OC(OC4CCC5(C)C(CCC6C5C[C@H](O)C5(C)[C@@H](C7=CC(=O)OC7)CC[C@]65O)C4)C[C@@H]3O)C[C@@H]2O)O1. The number of ether oxygens (including phenoxy) is 6. The first-order valence-electron chi connectivity index (χ1n) is 24.5. The zero-order valence-corrected chi connectivity index (χ0v) is 38.2. The van der Waals surface area contributed by atoms with Crippen molar-refractivity contribution in [1.29, 1.82) is 0 Å². The van der Waals surface area contributed by atoms with Gasteiger partial charge in [-0.05, 0) is 137 Å². The number of aliphatic hydroxyl groups is 4. The number of nitrogens with zero attached hydrogens (tertiary/aromatic N) is 1. The van der Waals surface area contributed by atoms with Crippen LogP contribution in [0.25, 0.3) is 0 Å². The summed E-state index contributed by atoms with van der Waals surface area (Å²) < 4.78 is 37.8. The molecular weight excluding hydrogens is 779 g/mol. The summed E-state index contributed by atoms with van der Waals surface area (Å²) in [4.78, 5) is 14.5. The van der Waals surface area contributed by atoms with Crippen molar-refractivity contribution in [2.45, 2.75) is 211 Å². The van der Waals surface area contributed by atoms with Gasteiger partial charge in [-0.15, -0.1) is 0 Å². The monoisotopic (exact) mass is 858 g/mol. The van der Waals surface area contributed by atoms with E-state index in [1.54, 1.807) is 6.08 Å². The van der Waals surface area contributed by atoms with Crippen molar-refractivity contribution in [3.63, 3.8) is 0 Å². The maximum absolute atomic E-state index is 12.6. The highest BCUT2D eigenvalue weighted by atomic mass is 16.7. The third-order valence-electron chi connectivity index (χ3n) is 18.6. The molecule has 9 unspecified atom stereocenters. The van der Waals surface area contributed by atoms with Gasteiger partial charge in [0.2, 0.25) is 0 Å². The summed E-state index contributed by atoms with van der Waals surface area (Å²) in [5.74, 6) is 0.964. The lowest BCUT2D eigenvalue weighted by Crippen LogP contribution is -2.67. The fourth-order valence-electron chi connectivity index (χ4n) is 15.6. The second kappa shape index (κ2) is 16.9. The lowest BCUT2D eigenvalue weighted by Gasteiger charge is -2.65. The molecule has 4 heterocycles. The molecule has 0 radical (unpaired) electrons. The van der Waals surface area contributed by atoms with E-state index in [9.17, 15) is 25.2 Å². The Labute approximate surface area is 364 Å². The van der Waals surface area contributed by atoms with Gasteiger partial charge in [-0.3, -0.25) is 0 Å². The van der Waals surface area contributed by atoms with E-state index in [-0.39, 0.29) is 78.5 Å². The zero-order chi connectivity index (χ0) is 43.2. The number of aliphatic hydroxyl groups excluding tert-OH is 3. The minimum absolute atomic E-state index is 0.0169. The maximum Gasteiger partial charge on any atom is 0.331 e. The molecule has 4 aliphatic heterocycles. The quantitative estimate of drug-likeness (QED) is 0.161. The van der Waals surface area contributed by atoms with E-state index in [0.717, 1.165) is 76.1 Å². The third kappa shape index (κ3) is 8.35. The molecule has 5 aliphatic carbocycles. The van der Waals surface area contributed by atoms with Crippen LogP contribution in [-0.4, -0.2) is 131 Å². The van der Waals surface area contributed by atoms with E-state index >= 15 is 0 Å². The highest BCUT2D eigenvalue weighted by Crippen LogP contribution is 2.70. The molecule has 9 rings (SSSR count). The van der Waals surface area contributed by atoms with Gasteiger partial charge in [0.25, 0.3) is 0 Å². The molecule has 0 aromatic rings. The van der Waals surface area contributed by atoms with Crippen LogP contribution in [-0.2, 0) is 33.2 Å². The van der Waals surface area contributed by atoms with Crippen molar-refractivity contribution in [2.75, 3.05) is 26.2 Å². The summed E-state index contributed by atoms with van der Waals surface area (Å²) in [5, 5.41) is 47.5. The third-order valence-corrected chi connectivity index (χ3v) is 18.6. The average Bonchev–Trinajstić information content (AvgIpc) is 3.67. The normalized spacial score (nSPS) is 51.7. The first-order valence-corrected chi connectivity index (χ1v) is 24.5. The van der Waals surface area contributed by atoms with Crippen LogP contribution < -0.4 is 0 Å². The van der Waals surface area contributed by atoms with Gasteiger partial charge in [0.15, 0.2) is 12.6 Å². The van der Waals surface area contributed by atoms with Crippen molar-refractivity contribution in [3.05, 3.63) is 11.6 Å². The molecule has 0 amide bonds. The highest BCUT2D eigenvalue weighted by molar-refractivity contribution is 5.85. The minimum atomic E-state index is -0.988. The Morgan fingerprint density at radius 3 is 2.31 bits per heavy atom. The Morgan fingerprint density at radius 2 is 1.61 bits per heavy atom. The number of cyclic esters (lactones) is 1.